The average Bonchev–Trinajstić information content (AvgIpc) is 2.44. The lowest BCUT2D eigenvalue weighted by molar-refractivity contribution is -0.00409. The van der Waals surface area contributed by atoms with Crippen LogP contribution in [0.15, 0.2) is 0 Å². The summed E-state index contributed by atoms with van der Waals surface area (Å²) in [4.78, 5) is 5.86. The van der Waals surface area contributed by atoms with Gasteiger partial charge in [0, 0.05) is 37.3 Å². The summed E-state index contributed by atoms with van der Waals surface area (Å²) in [6, 6.07) is 3.80. The van der Waals surface area contributed by atoms with Crippen LogP contribution in [0.4, 0.5) is 0 Å². The van der Waals surface area contributed by atoms with Crippen LogP contribution < -0.4 is 0 Å². The smallest absolute Gasteiger partial charge is 0.0115 e. The number of fused-ring (bicyclic) bond motifs is 4. The minimum absolute atomic E-state index is 0.951. The summed E-state index contributed by atoms with van der Waals surface area (Å²) < 4.78 is 0. The first-order valence-electron chi connectivity index (χ1n) is 9.43. The topological polar surface area (TPSA) is 6.48 Å². The zero-order valence-electron chi connectivity index (χ0n) is 13.1. The molecule has 4 bridgehead atoms. The maximum Gasteiger partial charge on any atom is 0.0115 e. The third-order valence-corrected chi connectivity index (χ3v) is 6.79. The third-order valence-electron chi connectivity index (χ3n) is 6.79. The van der Waals surface area contributed by atoms with Gasteiger partial charge in [-0.05, 0) is 51.4 Å². The van der Waals surface area contributed by atoms with Gasteiger partial charge in [-0.2, -0.15) is 0 Å². The number of piperidine rings is 4. The Morgan fingerprint density at radius 1 is 0.450 bits per heavy atom. The molecule has 0 unspecified atom stereocenters. The Hall–Kier alpha value is -0.0800. The van der Waals surface area contributed by atoms with Gasteiger partial charge in [-0.25, -0.2) is 0 Å². The molecule has 4 rings (SSSR count). The molecule has 0 amide bonds. The molecule has 4 aliphatic heterocycles. The Labute approximate surface area is 124 Å². The molecule has 4 fully saturated rings. The van der Waals surface area contributed by atoms with Crippen LogP contribution in [-0.2, 0) is 0 Å². The van der Waals surface area contributed by atoms with Crippen molar-refractivity contribution in [3.63, 3.8) is 0 Å². The Kier molecular flexibility index (Phi) is 4.05. The molecule has 20 heavy (non-hydrogen) atoms. The van der Waals surface area contributed by atoms with Crippen molar-refractivity contribution >= 4 is 0 Å². The summed E-state index contributed by atoms with van der Waals surface area (Å²) in [5.74, 6) is 0. The second-order valence-electron chi connectivity index (χ2n) is 7.81. The van der Waals surface area contributed by atoms with Crippen molar-refractivity contribution < 1.29 is 0 Å². The van der Waals surface area contributed by atoms with Crippen molar-refractivity contribution in [1.29, 1.82) is 0 Å². The maximum absolute atomic E-state index is 2.93. The van der Waals surface area contributed by atoms with Gasteiger partial charge in [-0.1, -0.05) is 25.7 Å². The van der Waals surface area contributed by atoms with Gasteiger partial charge in [0.2, 0.25) is 0 Å². The number of hydrogen-bond donors (Lipinski definition) is 0. The van der Waals surface area contributed by atoms with Crippen LogP contribution in [0.3, 0.4) is 0 Å². The fraction of sp³-hybridized carbons (Fsp3) is 1.00. The van der Waals surface area contributed by atoms with Gasteiger partial charge >= 0.3 is 0 Å². The first kappa shape index (κ1) is 13.6. The van der Waals surface area contributed by atoms with Gasteiger partial charge in [0.1, 0.15) is 0 Å². The van der Waals surface area contributed by atoms with Crippen LogP contribution in [0.5, 0.6) is 0 Å². The zero-order chi connectivity index (χ0) is 13.4. The normalized spacial score (nSPS) is 42.6. The van der Waals surface area contributed by atoms with Crippen LogP contribution in [0, 0.1) is 0 Å². The number of hydrogen-bond acceptors (Lipinski definition) is 2. The molecule has 0 aromatic heterocycles. The second-order valence-corrected chi connectivity index (χ2v) is 7.81. The van der Waals surface area contributed by atoms with E-state index in [0.29, 0.717) is 0 Å². The summed E-state index contributed by atoms with van der Waals surface area (Å²) >= 11 is 0. The molecule has 2 heteroatoms. The molecule has 4 aliphatic rings. The standard InChI is InChI=1S/C18H32N2/c1-5-15-7-2-8-16(6-1)19(15)13-14-20-17-9-3-10-18(20)12-4-11-17/h15-18H,1-14H2. The highest BCUT2D eigenvalue weighted by Gasteiger charge is 2.37. The predicted octanol–water partition coefficient (Wildman–Crippen LogP) is 3.80. The van der Waals surface area contributed by atoms with E-state index in [1.54, 1.807) is 0 Å². The second kappa shape index (κ2) is 5.96. The van der Waals surface area contributed by atoms with Gasteiger partial charge < -0.3 is 0 Å². The maximum atomic E-state index is 2.93. The largest absolute Gasteiger partial charge is 0.296 e. The lowest BCUT2D eigenvalue weighted by atomic mass is 9.83. The van der Waals surface area contributed by atoms with Crippen LogP contribution in [0.25, 0.3) is 0 Å². The van der Waals surface area contributed by atoms with Gasteiger partial charge in [-0.3, -0.25) is 9.80 Å². The van der Waals surface area contributed by atoms with Crippen LogP contribution >= 0.6 is 0 Å². The van der Waals surface area contributed by atoms with Crippen molar-refractivity contribution in [1.82, 2.24) is 9.80 Å². The minimum atomic E-state index is 0.951. The number of nitrogens with zero attached hydrogens (tertiary/aromatic N) is 2. The first-order valence-corrected chi connectivity index (χ1v) is 9.43. The van der Waals surface area contributed by atoms with Gasteiger partial charge in [-0.15, -0.1) is 0 Å². The molecule has 0 aromatic rings. The predicted molar refractivity (Wildman–Crippen MR) is 84.0 cm³/mol. The fourth-order valence-corrected chi connectivity index (χ4v) is 5.82. The average molecular weight is 276 g/mol. The Balaban J connectivity index is 1.37. The van der Waals surface area contributed by atoms with E-state index < -0.39 is 0 Å². The molecule has 0 aliphatic carbocycles. The highest BCUT2D eigenvalue weighted by atomic mass is 15.3. The van der Waals surface area contributed by atoms with E-state index >= 15 is 0 Å². The van der Waals surface area contributed by atoms with Gasteiger partial charge in [0.15, 0.2) is 0 Å². The van der Waals surface area contributed by atoms with Crippen molar-refractivity contribution in [3.8, 4) is 0 Å². The SMILES string of the molecule is C1CC2CCCC(C1)N2CCN1C2CCCC1CCC2. The van der Waals surface area contributed by atoms with E-state index in [1.165, 1.54) is 90.1 Å². The monoisotopic (exact) mass is 276 g/mol. The van der Waals surface area contributed by atoms with Crippen molar-refractivity contribution in [2.75, 3.05) is 13.1 Å². The van der Waals surface area contributed by atoms with Crippen molar-refractivity contribution in [3.05, 3.63) is 0 Å². The lowest BCUT2D eigenvalue weighted by Crippen LogP contribution is -2.56. The summed E-state index contributed by atoms with van der Waals surface area (Å²) in [6.07, 6.45) is 17.9. The molecular weight excluding hydrogens is 244 g/mol. The third kappa shape index (κ3) is 2.54. The van der Waals surface area contributed by atoms with E-state index in [2.05, 4.69) is 9.80 Å². The van der Waals surface area contributed by atoms with E-state index in [4.69, 9.17) is 0 Å². The molecule has 4 saturated heterocycles. The first-order chi connectivity index (χ1) is 9.92. The minimum Gasteiger partial charge on any atom is -0.296 e. The molecule has 0 saturated carbocycles. The Morgan fingerprint density at radius 2 is 0.700 bits per heavy atom. The summed E-state index contributed by atoms with van der Waals surface area (Å²) in [5.41, 5.74) is 0. The molecule has 114 valence electrons. The van der Waals surface area contributed by atoms with E-state index in [-0.39, 0.29) is 0 Å². The highest BCUT2D eigenvalue weighted by Crippen LogP contribution is 2.36. The van der Waals surface area contributed by atoms with Crippen LogP contribution in [0.2, 0.25) is 0 Å². The lowest BCUT2D eigenvalue weighted by Gasteiger charge is -2.50. The molecular formula is C18H32N2. The van der Waals surface area contributed by atoms with E-state index in [0.717, 1.165) is 24.2 Å². The highest BCUT2D eigenvalue weighted by molar-refractivity contribution is 4.92. The molecule has 2 nitrogen and oxygen atoms in total. The van der Waals surface area contributed by atoms with Crippen LogP contribution in [-0.4, -0.2) is 47.1 Å². The van der Waals surface area contributed by atoms with Gasteiger partial charge in [0.25, 0.3) is 0 Å². The van der Waals surface area contributed by atoms with E-state index in [9.17, 15) is 0 Å². The summed E-state index contributed by atoms with van der Waals surface area (Å²) in [5, 5.41) is 0. The number of rotatable bonds is 3. The quantitative estimate of drug-likeness (QED) is 0.773. The van der Waals surface area contributed by atoms with Crippen molar-refractivity contribution in [2.24, 2.45) is 0 Å². The fourth-order valence-electron chi connectivity index (χ4n) is 5.82. The van der Waals surface area contributed by atoms with Crippen molar-refractivity contribution in [2.45, 2.75) is 101 Å². The Bertz CT molecular complexity index is 253. The zero-order valence-corrected chi connectivity index (χ0v) is 13.1. The summed E-state index contributed by atoms with van der Waals surface area (Å²) in [6.45, 7) is 2.75. The van der Waals surface area contributed by atoms with E-state index in [1.807, 2.05) is 0 Å². The van der Waals surface area contributed by atoms with Gasteiger partial charge in [0.05, 0.1) is 0 Å². The molecule has 0 atom stereocenters. The molecule has 0 spiro atoms. The van der Waals surface area contributed by atoms with Crippen LogP contribution in [0.1, 0.15) is 77.0 Å². The molecule has 0 radical (unpaired) electrons. The molecule has 0 aromatic carbocycles. The Morgan fingerprint density at radius 3 is 0.950 bits per heavy atom. The molecule has 4 heterocycles. The summed E-state index contributed by atoms with van der Waals surface area (Å²) in [7, 11) is 0. The molecule has 0 N–H and O–H groups in total.